The third-order valence-corrected chi connectivity index (χ3v) is 2.81. The Labute approximate surface area is 98.9 Å². The van der Waals surface area contributed by atoms with Gasteiger partial charge in [0.05, 0.1) is 0 Å². The number of rotatable bonds is 1. The number of aromatic nitrogens is 2. The molecular formula is C10H7Br2N2+. The minimum Gasteiger partial charge on any atom is -0.227 e. The Balaban J connectivity index is 2.53. The lowest BCUT2D eigenvalue weighted by Gasteiger charge is -1.97. The zero-order valence-electron chi connectivity index (χ0n) is 7.19. The summed E-state index contributed by atoms with van der Waals surface area (Å²) in [6.07, 6.45) is 3.96. The minimum absolute atomic E-state index is 0.822. The van der Waals surface area contributed by atoms with Crippen LogP contribution >= 0.6 is 31.9 Å². The first-order valence-electron chi connectivity index (χ1n) is 4.06. The second kappa shape index (κ2) is 4.19. The molecule has 0 saturated carbocycles. The van der Waals surface area contributed by atoms with E-state index in [0.717, 1.165) is 14.9 Å². The van der Waals surface area contributed by atoms with Crippen molar-refractivity contribution in [3.8, 4) is 5.69 Å². The molecule has 4 heteroatoms. The zero-order chi connectivity index (χ0) is 9.97. The van der Waals surface area contributed by atoms with Crippen LogP contribution in [0.2, 0.25) is 0 Å². The first-order valence-corrected chi connectivity index (χ1v) is 5.65. The lowest BCUT2D eigenvalue weighted by molar-refractivity contribution is -0.596. The average Bonchev–Trinajstić information content (AvgIpc) is 2.19. The van der Waals surface area contributed by atoms with Crippen LogP contribution in [-0.2, 0) is 0 Å². The molecule has 0 amide bonds. The molecule has 0 radical (unpaired) electrons. The fraction of sp³-hybridized carbons (Fsp3) is 0. The third kappa shape index (κ3) is 2.01. The topological polar surface area (TPSA) is 16.8 Å². The van der Waals surface area contributed by atoms with Crippen LogP contribution in [0, 0.1) is 0 Å². The fourth-order valence-corrected chi connectivity index (χ4v) is 2.23. The second-order valence-corrected chi connectivity index (χ2v) is 4.29. The second-order valence-electron chi connectivity index (χ2n) is 2.73. The minimum atomic E-state index is 0.822. The number of hydrogen-bond acceptors (Lipinski definition) is 1. The smallest absolute Gasteiger partial charge is 0.227 e. The highest BCUT2D eigenvalue weighted by Gasteiger charge is 2.10. The van der Waals surface area contributed by atoms with Crippen molar-refractivity contribution in [1.29, 1.82) is 0 Å². The quantitative estimate of drug-likeness (QED) is 0.584. The maximum Gasteiger partial charge on any atom is 0.243 e. The molecule has 2 nitrogen and oxygen atoms in total. The molecule has 0 aliphatic heterocycles. The van der Waals surface area contributed by atoms with Crippen LogP contribution < -0.4 is 4.57 Å². The average molecular weight is 315 g/mol. The molecule has 2 rings (SSSR count). The van der Waals surface area contributed by atoms with Crippen LogP contribution in [0.1, 0.15) is 0 Å². The largest absolute Gasteiger partial charge is 0.243 e. The number of halogens is 2. The van der Waals surface area contributed by atoms with Crippen LogP contribution in [0.25, 0.3) is 5.69 Å². The van der Waals surface area contributed by atoms with Crippen molar-refractivity contribution >= 4 is 31.9 Å². The van der Waals surface area contributed by atoms with Crippen LogP contribution in [0.5, 0.6) is 0 Å². The molecule has 0 aromatic carbocycles. The van der Waals surface area contributed by atoms with Crippen molar-refractivity contribution in [3.63, 3.8) is 0 Å². The summed E-state index contributed by atoms with van der Waals surface area (Å²) >= 11 is 6.74. The van der Waals surface area contributed by atoms with Crippen molar-refractivity contribution in [2.75, 3.05) is 0 Å². The van der Waals surface area contributed by atoms with E-state index in [9.17, 15) is 0 Å². The highest BCUT2D eigenvalue weighted by molar-refractivity contribution is 9.11. The van der Waals surface area contributed by atoms with Crippen molar-refractivity contribution in [3.05, 3.63) is 51.9 Å². The summed E-state index contributed by atoms with van der Waals surface area (Å²) in [5.74, 6) is 0. The van der Waals surface area contributed by atoms with E-state index < -0.39 is 0 Å². The summed E-state index contributed by atoms with van der Waals surface area (Å²) in [6.45, 7) is 0. The van der Waals surface area contributed by atoms with Crippen molar-refractivity contribution in [2.24, 2.45) is 0 Å². The van der Waals surface area contributed by atoms with Gasteiger partial charge >= 0.3 is 0 Å². The van der Waals surface area contributed by atoms with Gasteiger partial charge < -0.3 is 0 Å². The lowest BCUT2D eigenvalue weighted by atomic mass is 10.4. The predicted molar refractivity (Wildman–Crippen MR) is 61.2 cm³/mol. The van der Waals surface area contributed by atoms with Crippen molar-refractivity contribution in [1.82, 2.24) is 4.98 Å². The molecule has 0 fully saturated rings. The number of hydrogen-bond donors (Lipinski definition) is 0. The highest BCUT2D eigenvalue weighted by atomic mass is 79.9. The standard InChI is InChI=1S/C10H7Br2N2/c11-9-5-4-8(10(12)13-9)14-6-2-1-3-7-14/h1-7H/q+1. The van der Waals surface area contributed by atoms with Gasteiger partial charge in [0.2, 0.25) is 5.69 Å². The van der Waals surface area contributed by atoms with E-state index >= 15 is 0 Å². The molecule has 2 aromatic heterocycles. The Hall–Kier alpha value is -0.740. The summed E-state index contributed by atoms with van der Waals surface area (Å²) in [5.41, 5.74) is 1.02. The van der Waals surface area contributed by atoms with Crippen LogP contribution in [0.3, 0.4) is 0 Å². The van der Waals surface area contributed by atoms with E-state index in [1.54, 1.807) is 0 Å². The SMILES string of the molecule is Brc1ccc(-[n+]2ccccc2)c(Br)n1. The molecule has 0 spiro atoms. The van der Waals surface area contributed by atoms with Gasteiger partial charge in [-0.15, -0.1) is 0 Å². The Bertz CT molecular complexity index is 443. The van der Waals surface area contributed by atoms with E-state index in [1.807, 2.05) is 47.3 Å². The molecule has 0 saturated heterocycles. The first kappa shape index (κ1) is 9.80. The summed E-state index contributed by atoms with van der Waals surface area (Å²) in [5, 5.41) is 0. The summed E-state index contributed by atoms with van der Waals surface area (Å²) in [4.78, 5) is 4.26. The molecule has 0 aliphatic carbocycles. The summed E-state index contributed by atoms with van der Waals surface area (Å²) in [6, 6.07) is 9.86. The molecule has 0 bridgehead atoms. The zero-order valence-corrected chi connectivity index (χ0v) is 10.4. The molecule has 0 atom stereocenters. The normalized spacial score (nSPS) is 10.1. The van der Waals surface area contributed by atoms with Gasteiger partial charge in [0.15, 0.2) is 17.0 Å². The molecule has 2 aromatic rings. The number of pyridine rings is 2. The summed E-state index contributed by atoms with van der Waals surface area (Å²) < 4.78 is 3.65. The summed E-state index contributed by atoms with van der Waals surface area (Å²) in [7, 11) is 0. The molecule has 2 heterocycles. The van der Waals surface area contributed by atoms with Crippen LogP contribution in [0.15, 0.2) is 51.9 Å². The Kier molecular flexibility index (Phi) is 2.93. The molecule has 14 heavy (non-hydrogen) atoms. The van der Waals surface area contributed by atoms with Gasteiger partial charge in [-0.25, -0.2) is 4.98 Å². The molecule has 0 unspecified atom stereocenters. The Morgan fingerprint density at radius 3 is 2.36 bits per heavy atom. The molecule has 0 N–H and O–H groups in total. The van der Waals surface area contributed by atoms with E-state index in [4.69, 9.17) is 0 Å². The van der Waals surface area contributed by atoms with Crippen LogP contribution in [0.4, 0.5) is 0 Å². The fourth-order valence-electron chi connectivity index (χ4n) is 1.16. The van der Waals surface area contributed by atoms with Gasteiger partial charge in [0, 0.05) is 18.2 Å². The van der Waals surface area contributed by atoms with Gasteiger partial charge in [0.1, 0.15) is 4.60 Å². The van der Waals surface area contributed by atoms with Gasteiger partial charge in [-0.1, -0.05) is 6.07 Å². The van der Waals surface area contributed by atoms with E-state index in [1.165, 1.54) is 0 Å². The molecule has 70 valence electrons. The van der Waals surface area contributed by atoms with Crippen molar-refractivity contribution < 1.29 is 4.57 Å². The van der Waals surface area contributed by atoms with E-state index in [2.05, 4.69) is 36.8 Å². The predicted octanol–water partition coefficient (Wildman–Crippen LogP) is 2.88. The number of nitrogens with zero attached hydrogens (tertiary/aromatic N) is 2. The van der Waals surface area contributed by atoms with Gasteiger partial charge in [-0.2, -0.15) is 4.57 Å². The monoisotopic (exact) mass is 313 g/mol. The maximum atomic E-state index is 4.26. The molecule has 0 aliphatic rings. The van der Waals surface area contributed by atoms with Gasteiger partial charge in [-0.3, -0.25) is 0 Å². The Morgan fingerprint density at radius 2 is 1.71 bits per heavy atom. The van der Waals surface area contributed by atoms with Gasteiger partial charge in [-0.05, 0) is 37.9 Å². The Morgan fingerprint density at radius 1 is 1.00 bits per heavy atom. The third-order valence-electron chi connectivity index (χ3n) is 1.79. The molecular weight excluding hydrogens is 308 g/mol. The van der Waals surface area contributed by atoms with Gasteiger partial charge in [0.25, 0.3) is 0 Å². The lowest BCUT2D eigenvalue weighted by Crippen LogP contribution is -2.29. The highest BCUT2D eigenvalue weighted by Crippen LogP contribution is 2.17. The van der Waals surface area contributed by atoms with Crippen LogP contribution in [-0.4, -0.2) is 4.98 Å². The van der Waals surface area contributed by atoms with E-state index in [-0.39, 0.29) is 0 Å². The maximum absolute atomic E-state index is 4.26. The first-order chi connectivity index (χ1) is 6.77. The van der Waals surface area contributed by atoms with Crippen molar-refractivity contribution in [2.45, 2.75) is 0 Å². The van der Waals surface area contributed by atoms with E-state index in [0.29, 0.717) is 0 Å².